The van der Waals surface area contributed by atoms with Crippen LogP contribution in [0.25, 0.3) is 22.6 Å². The number of carbonyl (C=O) groups excluding carboxylic acids is 2. The quantitative estimate of drug-likeness (QED) is 0.191. The molecule has 4 aliphatic rings. The predicted molar refractivity (Wildman–Crippen MR) is 206 cm³/mol. The van der Waals surface area contributed by atoms with E-state index in [1.807, 2.05) is 52.9 Å². The number of hydrogen-bond donors (Lipinski definition) is 2. The van der Waals surface area contributed by atoms with Gasteiger partial charge >= 0.3 is 11.9 Å². The number of carbonyl (C=O) groups is 3. The summed E-state index contributed by atoms with van der Waals surface area (Å²) in [4.78, 5) is 53.6. The van der Waals surface area contributed by atoms with E-state index in [4.69, 9.17) is 37.8 Å². The van der Waals surface area contributed by atoms with Gasteiger partial charge in [-0.15, -0.1) is 0 Å². The summed E-state index contributed by atoms with van der Waals surface area (Å²) < 4.78 is 9.10. The maximum Gasteiger partial charge on any atom is 0.308 e. The molecule has 0 bridgehead atoms. The van der Waals surface area contributed by atoms with Gasteiger partial charge in [0.2, 0.25) is 17.6 Å². The molecule has 4 aromatic rings. The van der Waals surface area contributed by atoms with Crippen LogP contribution in [0.5, 0.6) is 0 Å². The van der Waals surface area contributed by atoms with Crippen molar-refractivity contribution in [2.24, 2.45) is 18.9 Å². The lowest BCUT2D eigenvalue weighted by Crippen LogP contribution is -2.37. The number of aromatic nitrogens is 3. The Kier molecular flexibility index (Phi) is 10.7. The van der Waals surface area contributed by atoms with E-state index >= 15 is 0 Å². The third kappa shape index (κ3) is 7.77. The predicted octanol–water partition coefficient (Wildman–Crippen LogP) is 5.74. The second kappa shape index (κ2) is 15.7. The van der Waals surface area contributed by atoms with Crippen LogP contribution in [0.2, 0.25) is 5.02 Å². The summed E-state index contributed by atoms with van der Waals surface area (Å²) in [6.45, 7) is 4.60. The van der Waals surface area contributed by atoms with Gasteiger partial charge in [-0.05, 0) is 74.8 Å². The molecule has 15 heteroatoms. The van der Waals surface area contributed by atoms with Crippen LogP contribution in [-0.2, 0) is 42.7 Å². The molecule has 2 aromatic heterocycles. The molecule has 1 unspecified atom stereocenters. The van der Waals surface area contributed by atoms with Gasteiger partial charge in [-0.3, -0.25) is 24.2 Å². The number of halogens is 2. The molecule has 0 radical (unpaired) electrons. The van der Waals surface area contributed by atoms with Crippen LogP contribution < -0.4 is 4.42 Å². The highest BCUT2D eigenvalue weighted by Gasteiger charge is 2.33. The number of rotatable bonds is 10. The van der Waals surface area contributed by atoms with E-state index < -0.39 is 11.9 Å². The molecular weight excluding hydrogens is 745 g/mol. The summed E-state index contributed by atoms with van der Waals surface area (Å²) in [5, 5.41) is 19.6. The Bertz CT molecular complexity index is 2090. The number of carboxylic acid groups (broad SMARTS) is 1. The number of oxazole rings is 1. The number of fused-ring (bicyclic) bond motifs is 2. The van der Waals surface area contributed by atoms with Gasteiger partial charge in [0.15, 0.2) is 0 Å². The summed E-state index contributed by atoms with van der Waals surface area (Å²) >= 11 is 13.8. The zero-order chi connectivity index (χ0) is 38.4. The molecule has 2 N–H and O–H groups in total. The lowest BCUT2D eigenvalue weighted by molar-refractivity contribution is -0.143. The van der Waals surface area contributed by atoms with E-state index in [-0.39, 0.29) is 30.3 Å². The average Bonchev–Trinajstić information content (AvgIpc) is 3.97. The summed E-state index contributed by atoms with van der Waals surface area (Å²) in [5.41, 5.74) is 5.15. The Labute approximate surface area is 329 Å². The van der Waals surface area contributed by atoms with Crippen LogP contribution in [0.4, 0.5) is 5.69 Å². The zero-order valence-corrected chi connectivity index (χ0v) is 32.3. The highest BCUT2D eigenvalue weighted by Crippen LogP contribution is 2.39. The third-order valence-corrected chi connectivity index (χ3v) is 12.5. The molecule has 8 rings (SSSR count). The lowest BCUT2D eigenvalue weighted by Gasteiger charge is -2.30. The van der Waals surface area contributed by atoms with Crippen LogP contribution >= 0.6 is 23.4 Å². The van der Waals surface area contributed by atoms with E-state index in [9.17, 15) is 24.6 Å². The Hall–Kier alpha value is -4.27. The van der Waals surface area contributed by atoms with Gasteiger partial charge in [-0.2, -0.15) is 0 Å². The first kappa shape index (κ1) is 37.6. The highest BCUT2D eigenvalue weighted by atomic mass is 35.5. The molecule has 0 spiro atoms. The zero-order valence-electron chi connectivity index (χ0n) is 30.8. The van der Waals surface area contributed by atoms with Gasteiger partial charge in [0.05, 0.1) is 53.6 Å². The van der Waals surface area contributed by atoms with Gasteiger partial charge in [0.25, 0.3) is 0 Å². The maximum absolute atomic E-state index is 13.8. The number of amides is 2. The van der Waals surface area contributed by atoms with E-state index in [0.717, 1.165) is 73.0 Å². The standard InChI is InChI=1S/C40H45Cl2N7O6/c1-45-33-14-17-46(15-12-24-8-10-25(11-9-24)40(53)54)20-31(33)43-37(45)39(52)49(42)27-5-2-4-26(18-27)29-6-3-7-30(36(29)41)38-44-32-21-48(22-34(32)55-38)35(51)23-47-16-13-28(50)19-47/h2-7,18,24-25,28,50H,8-17,19-23H2,1H3,(H,53,54). The topological polar surface area (TPSA) is 148 Å². The second-order valence-electron chi connectivity index (χ2n) is 15.4. The van der Waals surface area contributed by atoms with Crippen molar-refractivity contribution in [2.45, 2.75) is 70.7 Å². The van der Waals surface area contributed by atoms with E-state index in [2.05, 4.69) is 4.90 Å². The lowest BCUT2D eigenvalue weighted by atomic mass is 9.80. The summed E-state index contributed by atoms with van der Waals surface area (Å²) in [6, 6.07) is 12.9. The molecule has 290 valence electrons. The Balaban J connectivity index is 0.917. The molecule has 1 saturated carbocycles. The summed E-state index contributed by atoms with van der Waals surface area (Å²) in [5.74, 6) is 0.489. The van der Waals surface area contributed by atoms with Crippen molar-refractivity contribution in [1.82, 2.24) is 29.2 Å². The first-order valence-corrected chi connectivity index (χ1v) is 19.8. The minimum atomic E-state index is -0.673. The maximum atomic E-state index is 13.8. The van der Waals surface area contributed by atoms with Crippen molar-refractivity contribution in [3.8, 4) is 22.6 Å². The second-order valence-corrected chi connectivity index (χ2v) is 16.1. The molecule has 13 nitrogen and oxygen atoms in total. The molecule has 5 heterocycles. The molecule has 2 aromatic carbocycles. The first-order valence-electron chi connectivity index (χ1n) is 19.1. The molecule has 1 aliphatic carbocycles. The Morgan fingerprint density at radius 3 is 2.47 bits per heavy atom. The molecule has 55 heavy (non-hydrogen) atoms. The first-order chi connectivity index (χ1) is 26.5. The van der Waals surface area contributed by atoms with Crippen LogP contribution in [0.1, 0.15) is 72.0 Å². The number of imidazole rings is 1. The van der Waals surface area contributed by atoms with Crippen molar-refractivity contribution in [1.29, 1.82) is 0 Å². The SMILES string of the molecule is Cn1c(C(=O)N(Cl)c2cccc(-c3cccc(-c4nc5c(o4)CN(C(=O)CN4CCC(O)C4)C5)c3Cl)c2)nc2c1CCN(CCC1CCC(C(=O)O)CC1)C2. The normalized spacial score (nSPS) is 21.5. The molecule has 1 atom stereocenters. The van der Waals surface area contributed by atoms with Crippen molar-refractivity contribution >= 4 is 46.8 Å². The smallest absolute Gasteiger partial charge is 0.308 e. The fraction of sp³-hybridized carbons (Fsp3) is 0.475. The van der Waals surface area contributed by atoms with Crippen molar-refractivity contribution < 1.29 is 29.0 Å². The number of carboxylic acids is 1. The van der Waals surface area contributed by atoms with Crippen molar-refractivity contribution in [3.63, 3.8) is 0 Å². The number of β-amino-alcohol motifs (C(OH)–C–C–N with tert-alkyl or cyclic N) is 1. The van der Waals surface area contributed by atoms with Crippen molar-refractivity contribution in [2.75, 3.05) is 37.1 Å². The number of hydrogen-bond acceptors (Lipinski definition) is 9. The number of nitrogens with zero attached hydrogens (tertiary/aromatic N) is 7. The number of aliphatic hydroxyl groups excluding tert-OH is 1. The summed E-state index contributed by atoms with van der Waals surface area (Å²) in [6.07, 6.45) is 5.55. The van der Waals surface area contributed by atoms with E-state index in [1.54, 1.807) is 11.0 Å². The molecule has 2 amide bonds. The monoisotopic (exact) mass is 789 g/mol. The number of aliphatic hydroxyl groups is 1. The van der Waals surface area contributed by atoms with Crippen LogP contribution in [0.3, 0.4) is 0 Å². The fourth-order valence-electron chi connectivity index (χ4n) is 8.53. The molecule has 1 saturated heterocycles. The minimum absolute atomic E-state index is 0.0224. The van der Waals surface area contributed by atoms with Gasteiger partial charge in [0, 0.05) is 62.7 Å². The van der Waals surface area contributed by atoms with Crippen LogP contribution in [0, 0.1) is 11.8 Å². The number of anilines is 1. The third-order valence-electron chi connectivity index (χ3n) is 11.8. The van der Waals surface area contributed by atoms with Crippen molar-refractivity contribution in [3.05, 3.63) is 76.2 Å². The Morgan fingerprint density at radius 2 is 1.73 bits per heavy atom. The van der Waals surface area contributed by atoms with Gasteiger partial charge in [-0.25, -0.2) is 14.4 Å². The van der Waals surface area contributed by atoms with E-state index in [1.165, 1.54) is 0 Å². The molecule has 2 fully saturated rings. The Morgan fingerprint density at radius 1 is 0.945 bits per heavy atom. The average molecular weight is 791 g/mol. The van der Waals surface area contributed by atoms with Crippen LogP contribution in [-0.4, -0.2) is 96.1 Å². The van der Waals surface area contributed by atoms with Gasteiger partial charge in [0.1, 0.15) is 11.5 Å². The minimum Gasteiger partial charge on any atom is -0.481 e. The van der Waals surface area contributed by atoms with Crippen LogP contribution in [0.15, 0.2) is 46.9 Å². The largest absolute Gasteiger partial charge is 0.481 e. The van der Waals surface area contributed by atoms with E-state index in [0.29, 0.717) is 84.2 Å². The fourth-order valence-corrected chi connectivity index (χ4v) is 9.02. The van der Waals surface area contributed by atoms with Gasteiger partial charge in [-0.1, -0.05) is 35.9 Å². The molecular formula is C40H45Cl2N7O6. The summed E-state index contributed by atoms with van der Waals surface area (Å²) in [7, 11) is 1.86. The highest BCUT2D eigenvalue weighted by molar-refractivity contribution is 6.39. The van der Waals surface area contributed by atoms with Gasteiger partial charge < -0.3 is 24.1 Å². The molecule has 3 aliphatic heterocycles. The number of aliphatic carboxylic acids is 1. The number of likely N-dealkylation sites (tertiary alicyclic amines) is 1. The number of benzene rings is 2.